The molecule has 0 aromatic heterocycles. The third kappa shape index (κ3) is 72.8. The molecule has 39 heavy (non-hydrogen) atoms. The molecule has 7 heteroatoms. The van der Waals surface area contributed by atoms with Gasteiger partial charge in [-0.1, -0.05) is 143 Å². The molecule has 0 atom stereocenters. The van der Waals surface area contributed by atoms with Crippen LogP contribution in [-0.4, -0.2) is 45.6 Å². The number of aliphatic hydroxyl groups is 2. The van der Waals surface area contributed by atoms with Crippen LogP contribution in [0.1, 0.15) is 182 Å². The van der Waals surface area contributed by atoms with Crippen molar-refractivity contribution in [2.24, 2.45) is 0 Å². The maximum absolute atomic E-state index is 10.2. The Balaban J connectivity index is -0.000000145. The molecule has 0 rings (SSSR count). The quantitative estimate of drug-likeness (QED) is 0.0782. The minimum absolute atomic E-state index is 0. The fourth-order valence-electron chi connectivity index (χ4n) is 3.49. The summed E-state index contributed by atoms with van der Waals surface area (Å²) >= 11 is 0. The van der Waals surface area contributed by atoms with Crippen LogP contribution in [0.2, 0.25) is 0 Å². The van der Waals surface area contributed by atoms with E-state index in [1.165, 1.54) is 89.9 Å². The summed E-state index contributed by atoms with van der Waals surface area (Å²) in [6.45, 7) is 9.25. The number of rotatable bonds is 24. The molecule has 0 aromatic carbocycles. The van der Waals surface area contributed by atoms with Gasteiger partial charge in [-0.25, -0.2) is 0 Å². The van der Waals surface area contributed by atoms with Crippen molar-refractivity contribution in [3.8, 4) is 0 Å². The average molecular weight is 640 g/mol. The van der Waals surface area contributed by atoms with Crippen molar-refractivity contribution in [1.29, 1.82) is 0 Å². The summed E-state index contributed by atoms with van der Waals surface area (Å²) in [5.74, 6) is -1.32. The molecule has 236 valence electrons. The van der Waals surface area contributed by atoms with Gasteiger partial charge in [0.1, 0.15) is 0 Å². The van der Waals surface area contributed by atoms with Crippen molar-refractivity contribution < 1.29 is 56.2 Å². The molecular formula is C32H68O6Zr. The van der Waals surface area contributed by atoms with Crippen LogP contribution in [0.4, 0.5) is 0 Å². The monoisotopic (exact) mass is 638 g/mol. The van der Waals surface area contributed by atoms with E-state index in [1.54, 1.807) is 0 Å². The van der Waals surface area contributed by atoms with Crippen molar-refractivity contribution in [2.45, 2.75) is 182 Å². The summed E-state index contributed by atoms with van der Waals surface area (Å²) in [4.78, 5) is 20.4. The van der Waals surface area contributed by atoms with Gasteiger partial charge in [-0.3, -0.25) is 9.59 Å². The molecule has 0 heterocycles. The topological polar surface area (TPSA) is 115 Å². The van der Waals surface area contributed by atoms with Gasteiger partial charge in [-0.15, -0.1) is 0 Å². The molecule has 0 aliphatic rings. The Kier molecular flexibility index (Phi) is 62.9. The summed E-state index contributed by atoms with van der Waals surface area (Å²) in [6, 6.07) is 0. The van der Waals surface area contributed by atoms with Gasteiger partial charge in [0.15, 0.2) is 0 Å². The van der Waals surface area contributed by atoms with E-state index >= 15 is 0 Å². The van der Waals surface area contributed by atoms with E-state index in [1.807, 2.05) is 0 Å². The molecule has 0 saturated heterocycles. The molecule has 0 aliphatic heterocycles. The Labute approximate surface area is 262 Å². The zero-order valence-electron chi connectivity index (χ0n) is 26.5. The zero-order valence-corrected chi connectivity index (χ0v) is 28.9. The van der Waals surface area contributed by atoms with Crippen LogP contribution in [-0.2, 0) is 35.8 Å². The maximum Gasteiger partial charge on any atom is 0.303 e. The first-order valence-corrected chi connectivity index (χ1v) is 16.0. The molecule has 0 radical (unpaired) electrons. The van der Waals surface area contributed by atoms with Crippen molar-refractivity contribution in [3.05, 3.63) is 0 Å². The van der Waals surface area contributed by atoms with Crippen molar-refractivity contribution in [1.82, 2.24) is 0 Å². The van der Waals surface area contributed by atoms with Crippen LogP contribution in [0.5, 0.6) is 0 Å². The van der Waals surface area contributed by atoms with Crippen molar-refractivity contribution >= 4 is 11.9 Å². The summed E-state index contributed by atoms with van der Waals surface area (Å²) in [7, 11) is 0. The van der Waals surface area contributed by atoms with Gasteiger partial charge in [0.25, 0.3) is 0 Å². The first kappa shape index (κ1) is 48.5. The van der Waals surface area contributed by atoms with E-state index < -0.39 is 11.9 Å². The van der Waals surface area contributed by atoms with Crippen LogP contribution >= 0.6 is 0 Å². The third-order valence-corrected chi connectivity index (χ3v) is 6.01. The molecule has 0 bridgehead atoms. The van der Waals surface area contributed by atoms with E-state index in [0.717, 1.165) is 51.4 Å². The largest absolute Gasteiger partial charge is 0.481 e. The van der Waals surface area contributed by atoms with Crippen LogP contribution in [0.15, 0.2) is 0 Å². The Morgan fingerprint density at radius 3 is 0.744 bits per heavy atom. The fourth-order valence-corrected chi connectivity index (χ4v) is 3.49. The molecule has 0 amide bonds. The van der Waals surface area contributed by atoms with Crippen molar-refractivity contribution in [3.63, 3.8) is 0 Å². The molecular weight excluding hydrogens is 572 g/mol. The van der Waals surface area contributed by atoms with Gasteiger partial charge in [0.05, 0.1) is 0 Å². The predicted molar refractivity (Wildman–Crippen MR) is 163 cm³/mol. The Hall–Kier alpha value is -0.257. The van der Waals surface area contributed by atoms with Gasteiger partial charge in [0, 0.05) is 52.3 Å². The summed E-state index contributed by atoms with van der Waals surface area (Å²) < 4.78 is 0. The van der Waals surface area contributed by atoms with E-state index in [4.69, 9.17) is 20.4 Å². The van der Waals surface area contributed by atoms with E-state index in [2.05, 4.69) is 27.7 Å². The normalized spacial score (nSPS) is 9.59. The molecule has 0 saturated carbocycles. The second kappa shape index (κ2) is 50.6. The van der Waals surface area contributed by atoms with Crippen LogP contribution in [0.3, 0.4) is 0 Å². The smallest absolute Gasteiger partial charge is 0.303 e. The number of aliphatic hydroxyl groups excluding tert-OH is 2. The van der Waals surface area contributed by atoms with Gasteiger partial charge in [-0.05, 0) is 25.7 Å². The summed E-state index contributed by atoms with van der Waals surface area (Å²) in [5, 5.41) is 33.0. The van der Waals surface area contributed by atoms with Gasteiger partial charge < -0.3 is 20.4 Å². The third-order valence-electron chi connectivity index (χ3n) is 6.01. The number of aliphatic carboxylic acids is 2. The number of hydrogen-bond donors (Lipinski definition) is 4. The summed E-state index contributed by atoms with van der Waals surface area (Å²) in [5.41, 5.74) is 0. The van der Waals surface area contributed by atoms with E-state index in [9.17, 15) is 9.59 Å². The van der Waals surface area contributed by atoms with Crippen LogP contribution in [0.25, 0.3) is 0 Å². The average Bonchev–Trinajstić information content (AvgIpc) is 2.88. The molecule has 0 aromatic rings. The van der Waals surface area contributed by atoms with E-state index in [0.29, 0.717) is 26.1 Å². The number of hydrogen-bond acceptors (Lipinski definition) is 4. The van der Waals surface area contributed by atoms with Crippen LogP contribution < -0.4 is 0 Å². The zero-order chi connectivity index (χ0) is 29.5. The van der Waals surface area contributed by atoms with Crippen molar-refractivity contribution in [2.75, 3.05) is 13.2 Å². The Bertz CT molecular complexity index is 379. The standard InChI is InChI=1S/2C12H24O2.2C4H10O.Zr/c2*1-2-3-4-5-6-7-8-9-10-11-12(13)14;2*1-2-3-4-5;/h2*2-11H2,1H3,(H,13,14);2*5H,2-4H2,1H3;. The number of carboxylic acids is 2. The SMILES string of the molecule is CCCCCCCCCCCC(=O)O.CCCCCCCCCCCC(=O)O.CCCCO.CCCCO.[Zr]. The fraction of sp³-hybridized carbons (Fsp3) is 0.938. The number of carboxylic acid groups (broad SMARTS) is 2. The first-order valence-electron chi connectivity index (χ1n) is 16.0. The second-order valence-corrected chi connectivity index (χ2v) is 10.1. The van der Waals surface area contributed by atoms with E-state index in [-0.39, 0.29) is 26.2 Å². The predicted octanol–water partition coefficient (Wildman–Crippen LogP) is 9.54. The molecule has 6 nitrogen and oxygen atoms in total. The number of unbranched alkanes of at least 4 members (excludes halogenated alkanes) is 18. The molecule has 0 unspecified atom stereocenters. The van der Waals surface area contributed by atoms with Gasteiger partial charge >= 0.3 is 11.9 Å². The molecule has 0 aliphatic carbocycles. The first-order chi connectivity index (χ1) is 18.4. The van der Waals surface area contributed by atoms with Gasteiger partial charge in [0.2, 0.25) is 0 Å². The Morgan fingerprint density at radius 1 is 0.385 bits per heavy atom. The Morgan fingerprint density at radius 2 is 0.590 bits per heavy atom. The minimum Gasteiger partial charge on any atom is -0.481 e. The molecule has 0 spiro atoms. The van der Waals surface area contributed by atoms with Gasteiger partial charge in [-0.2, -0.15) is 0 Å². The molecule has 4 N–H and O–H groups in total. The molecule has 0 fully saturated rings. The van der Waals surface area contributed by atoms with Crippen LogP contribution in [0, 0.1) is 0 Å². The minimum atomic E-state index is -0.659. The summed E-state index contributed by atoms with van der Waals surface area (Å²) in [6.07, 6.45) is 27.0. The maximum atomic E-state index is 10.2. The second-order valence-electron chi connectivity index (χ2n) is 10.1. The number of carbonyl (C=O) groups is 2.